The van der Waals surface area contributed by atoms with Crippen molar-refractivity contribution in [1.82, 2.24) is 4.90 Å². The Kier molecular flexibility index (Phi) is 2.88. The average molecular weight is 195 g/mol. The molecule has 1 heterocycles. The largest absolute Gasteiger partial charge is 0.300 e. The van der Waals surface area contributed by atoms with Gasteiger partial charge in [-0.2, -0.15) is 0 Å². The minimum Gasteiger partial charge on any atom is -0.300 e. The first-order valence-corrected chi connectivity index (χ1v) is 6.35. The van der Waals surface area contributed by atoms with Crippen molar-refractivity contribution < 1.29 is 0 Å². The van der Waals surface area contributed by atoms with Crippen LogP contribution in [0.25, 0.3) is 0 Å². The van der Waals surface area contributed by atoms with Gasteiger partial charge in [-0.1, -0.05) is 19.8 Å². The van der Waals surface area contributed by atoms with Gasteiger partial charge in [0, 0.05) is 12.6 Å². The van der Waals surface area contributed by atoms with E-state index in [2.05, 4.69) is 25.7 Å². The Bertz CT molecular complexity index is 189. The molecule has 0 atom stereocenters. The second-order valence-corrected chi connectivity index (χ2v) is 6.00. The molecule has 0 aromatic carbocycles. The molecule has 0 amide bonds. The summed E-state index contributed by atoms with van der Waals surface area (Å²) in [6.45, 7) is 9.83. The van der Waals surface area contributed by atoms with Gasteiger partial charge in [-0.3, -0.25) is 0 Å². The number of nitrogens with zero attached hydrogens (tertiary/aromatic N) is 1. The zero-order valence-electron chi connectivity index (χ0n) is 10.1. The van der Waals surface area contributed by atoms with Crippen LogP contribution in [0.5, 0.6) is 0 Å². The van der Waals surface area contributed by atoms with E-state index in [0.29, 0.717) is 0 Å². The fourth-order valence-electron chi connectivity index (χ4n) is 3.19. The summed E-state index contributed by atoms with van der Waals surface area (Å²) in [6, 6.07) is 0.758. The van der Waals surface area contributed by atoms with Crippen molar-refractivity contribution in [2.75, 3.05) is 13.1 Å². The van der Waals surface area contributed by atoms with Gasteiger partial charge in [0.1, 0.15) is 0 Å². The standard InChI is InChI=1S/C13H25N/c1-11(2)14-9-8-13(10-14)6-4-12(3)5-7-13/h11-12H,4-10H2,1-3H3. The number of likely N-dealkylation sites (tertiary alicyclic amines) is 1. The van der Waals surface area contributed by atoms with Gasteiger partial charge in [0.2, 0.25) is 0 Å². The molecule has 1 aliphatic heterocycles. The van der Waals surface area contributed by atoms with Crippen molar-refractivity contribution >= 4 is 0 Å². The van der Waals surface area contributed by atoms with Crippen LogP contribution in [0.15, 0.2) is 0 Å². The summed E-state index contributed by atoms with van der Waals surface area (Å²) >= 11 is 0. The van der Waals surface area contributed by atoms with E-state index >= 15 is 0 Å². The molecule has 2 rings (SSSR count). The summed E-state index contributed by atoms with van der Waals surface area (Å²) in [6.07, 6.45) is 7.42. The third kappa shape index (κ3) is 1.98. The van der Waals surface area contributed by atoms with Crippen molar-refractivity contribution in [2.45, 2.75) is 58.9 Å². The van der Waals surface area contributed by atoms with Gasteiger partial charge < -0.3 is 4.90 Å². The second kappa shape index (κ2) is 3.84. The number of hydrogen-bond donors (Lipinski definition) is 0. The Hall–Kier alpha value is -0.0400. The molecule has 1 nitrogen and oxygen atoms in total. The van der Waals surface area contributed by atoms with Gasteiger partial charge in [0.25, 0.3) is 0 Å². The highest BCUT2D eigenvalue weighted by atomic mass is 15.2. The second-order valence-electron chi connectivity index (χ2n) is 6.00. The Morgan fingerprint density at radius 1 is 1.14 bits per heavy atom. The topological polar surface area (TPSA) is 3.24 Å². The van der Waals surface area contributed by atoms with E-state index in [1.165, 1.54) is 45.2 Å². The van der Waals surface area contributed by atoms with Gasteiger partial charge >= 0.3 is 0 Å². The minimum absolute atomic E-state index is 0.733. The summed E-state index contributed by atoms with van der Waals surface area (Å²) in [4.78, 5) is 2.68. The monoisotopic (exact) mass is 195 g/mol. The SMILES string of the molecule is CC1CCC2(CC1)CCN(C(C)C)C2. The fraction of sp³-hybridized carbons (Fsp3) is 1.00. The maximum Gasteiger partial charge on any atom is 0.00412 e. The van der Waals surface area contributed by atoms with Crippen molar-refractivity contribution in [3.8, 4) is 0 Å². The van der Waals surface area contributed by atoms with Crippen LogP contribution in [0.4, 0.5) is 0 Å². The van der Waals surface area contributed by atoms with Gasteiger partial charge in [0.15, 0.2) is 0 Å². The van der Waals surface area contributed by atoms with Crippen molar-refractivity contribution in [2.24, 2.45) is 11.3 Å². The third-order valence-corrected chi connectivity index (χ3v) is 4.53. The fourth-order valence-corrected chi connectivity index (χ4v) is 3.19. The minimum atomic E-state index is 0.733. The molecule has 0 bridgehead atoms. The van der Waals surface area contributed by atoms with Crippen LogP contribution in [-0.2, 0) is 0 Å². The van der Waals surface area contributed by atoms with E-state index in [9.17, 15) is 0 Å². The van der Waals surface area contributed by atoms with Gasteiger partial charge in [-0.25, -0.2) is 0 Å². The summed E-state index contributed by atoms with van der Waals surface area (Å²) in [5, 5.41) is 0. The lowest BCUT2D eigenvalue weighted by Crippen LogP contribution is -2.34. The van der Waals surface area contributed by atoms with Gasteiger partial charge in [0.05, 0.1) is 0 Å². The molecule has 0 aromatic rings. The highest BCUT2D eigenvalue weighted by Gasteiger charge is 2.40. The first-order valence-electron chi connectivity index (χ1n) is 6.35. The first-order chi connectivity index (χ1) is 6.61. The molecular formula is C13H25N. The van der Waals surface area contributed by atoms with E-state index in [1.807, 2.05) is 0 Å². The molecular weight excluding hydrogens is 170 g/mol. The van der Waals surface area contributed by atoms with E-state index in [1.54, 1.807) is 0 Å². The average Bonchev–Trinajstić information content (AvgIpc) is 2.56. The normalized spacial score (nSPS) is 39.9. The molecule has 1 saturated carbocycles. The van der Waals surface area contributed by atoms with Crippen LogP contribution in [0.3, 0.4) is 0 Å². The van der Waals surface area contributed by atoms with E-state index in [-0.39, 0.29) is 0 Å². The van der Waals surface area contributed by atoms with Crippen LogP contribution in [0.2, 0.25) is 0 Å². The van der Waals surface area contributed by atoms with Crippen LogP contribution in [-0.4, -0.2) is 24.0 Å². The number of rotatable bonds is 1. The molecule has 1 heteroatoms. The summed E-state index contributed by atoms with van der Waals surface area (Å²) in [5.41, 5.74) is 0.733. The lowest BCUT2D eigenvalue weighted by atomic mass is 9.70. The van der Waals surface area contributed by atoms with Gasteiger partial charge in [-0.05, 0) is 51.0 Å². The molecule has 2 aliphatic rings. The Labute approximate surface area is 88.9 Å². The quantitative estimate of drug-likeness (QED) is 0.620. The van der Waals surface area contributed by atoms with Crippen LogP contribution in [0.1, 0.15) is 52.9 Å². The van der Waals surface area contributed by atoms with Crippen LogP contribution in [0, 0.1) is 11.3 Å². The van der Waals surface area contributed by atoms with Crippen LogP contribution < -0.4 is 0 Å². The lowest BCUT2D eigenvalue weighted by molar-refractivity contribution is 0.147. The molecule has 2 fully saturated rings. The molecule has 1 spiro atoms. The van der Waals surface area contributed by atoms with Crippen molar-refractivity contribution in [1.29, 1.82) is 0 Å². The first kappa shape index (κ1) is 10.5. The zero-order valence-corrected chi connectivity index (χ0v) is 10.1. The smallest absolute Gasteiger partial charge is 0.00412 e. The lowest BCUT2D eigenvalue weighted by Gasteiger charge is -2.36. The highest BCUT2D eigenvalue weighted by molar-refractivity contribution is 4.93. The summed E-state index contributed by atoms with van der Waals surface area (Å²) in [5.74, 6) is 0.994. The maximum absolute atomic E-state index is 2.68. The van der Waals surface area contributed by atoms with E-state index in [0.717, 1.165) is 17.4 Å². The van der Waals surface area contributed by atoms with Crippen LogP contribution >= 0.6 is 0 Å². The van der Waals surface area contributed by atoms with E-state index < -0.39 is 0 Å². The summed E-state index contributed by atoms with van der Waals surface area (Å²) < 4.78 is 0. The highest BCUT2D eigenvalue weighted by Crippen LogP contribution is 2.45. The Balaban J connectivity index is 1.93. The van der Waals surface area contributed by atoms with E-state index in [4.69, 9.17) is 0 Å². The Morgan fingerprint density at radius 3 is 2.29 bits per heavy atom. The zero-order chi connectivity index (χ0) is 10.2. The maximum atomic E-state index is 2.68. The molecule has 1 saturated heterocycles. The molecule has 0 N–H and O–H groups in total. The van der Waals surface area contributed by atoms with Crippen molar-refractivity contribution in [3.63, 3.8) is 0 Å². The molecule has 0 aromatic heterocycles. The third-order valence-electron chi connectivity index (χ3n) is 4.53. The van der Waals surface area contributed by atoms with Gasteiger partial charge in [-0.15, -0.1) is 0 Å². The predicted molar refractivity (Wildman–Crippen MR) is 61.4 cm³/mol. The molecule has 82 valence electrons. The van der Waals surface area contributed by atoms with Crippen molar-refractivity contribution in [3.05, 3.63) is 0 Å². The molecule has 14 heavy (non-hydrogen) atoms. The summed E-state index contributed by atoms with van der Waals surface area (Å²) in [7, 11) is 0. The predicted octanol–water partition coefficient (Wildman–Crippen LogP) is 3.30. The molecule has 0 radical (unpaired) electrons. The molecule has 1 aliphatic carbocycles. The Morgan fingerprint density at radius 2 is 1.79 bits per heavy atom. The molecule has 0 unspecified atom stereocenters. The number of hydrogen-bond acceptors (Lipinski definition) is 1.